The zero-order valence-electron chi connectivity index (χ0n) is 66.3. The first-order valence-electron chi connectivity index (χ1n) is 38.5. The van der Waals surface area contributed by atoms with Crippen LogP contribution in [0.15, 0.2) is 395 Å². The van der Waals surface area contributed by atoms with E-state index in [1.54, 1.807) is 36.4 Å². The molecule has 0 bridgehead atoms. The predicted octanol–water partition coefficient (Wildman–Crippen LogP) is 30.8. The minimum atomic E-state index is -4.45. The van der Waals surface area contributed by atoms with Crippen LogP contribution in [0.1, 0.15) is 60.3 Å². The van der Waals surface area contributed by atoms with E-state index in [0.29, 0.717) is 33.9 Å². The lowest BCUT2D eigenvalue weighted by Crippen LogP contribution is -2.14. The molecular weight excluding hydrogens is 1810 g/mol. The summed E-state index contributed by atoms with van der Waals surface area (Å²) in [5.74, 6) is -18.1. The lowest BCUT2D eigenvalue weighted by Gasteiger charge is -2.22. The van der Waals surface area contributed by atoms with Gasteiger partial charge in [-0.15, -0.1) is 0 Å². The molecule has 0 aliphatic heterocycles. The van der Waals surface area contributed by atoms with Gasteiger partial charge in [-0.25, -0.2) is 70.2 Å². The van der Waals surface area contributed by atoms with E-state index in [1.807, 2.05) is 55.5 Å². The van der Waals surface area contributed by atoms with Gasteiger partial charge in [-0.3, -0.25) is 0 Å². The Hall–Kier alpha value is -11.6. The molecule has 0 spiro atoms. The van der Waals surface area contributed by atoms with Gasteiger partial charge < -0.3 is 0 Å². The highest BCUT2D eigenvalue weighted by Gasteiger charge is 2.43. The largest absolute Gasteiger partial charge is 0.416 e. The quantitative estimate of drug-likeness (QED) is 0.0391. The number of alkyl halides is 6. The summed E-state index contributed by atoms with van der Waals surface area (Å²) in [4.78, 5) is 6.45. The molecule has 0 nitrogen and oxygen atoms in total. The fraction of sp³-hybridized carbons (Fsp3) is 0.0909. The molecular formula is C99H67F24S5+5. The molecule has 0 amide bonds. The predicted molar refractivity (Wildman–Crippen MR) is 447 cm³/mol. The van der Waals surface area contributed by atoms with Gasteiger partial charge in [0, 0.05) is 36.4 Å². The molecule has 15 aromatic carbocycles. The summed E-state index contributed by atoms with van der Waals surface area (Å²) in [5, 5.41) is 0. The van der Waals surface area contributed by atoms with Crippen molar-refractivity contribution in [2.75, 3.05) is 0 Å². The van der Waals surface area contributed by atoms with E-state index in [9.17, 15) is 105 Å². The first-order valence-corrected chi connectivity index (χ1v) is 44.6. The van der Waals surface area contributed by atoms with Crippen molar-refractivity contribution in [3.63, 3.8) is 0 Å². The topological polar surface area (TPSA) is 0 Å². The van der Waals surface area contributed by atoms with Gasteiger partial charge in [-0.2, -0.15) is 35.1 Å². The molecule has 0 saturated heterocycles. The molecule has 128 heavy (non-hydrogen) atoms. The first-order chi connectivity index (χ1) is 61.1. The Bertz CT molecular complexity index is 5800. The Morgan fingerprint density at radius 1 is 0.211 bits per heavy atom. The first kappa shape index (κ1) is 95.5. The smallest absolute Gasteiger partial charge is 0.207 e. The van der Waals surface area contributed by atoms with E-state index in [2.05, 4.69) is 24.3 Å². The van der Waals surface area contributed by atoms with Crippen LogP contribution in [0.2, 0.25) is 0 Å². The zero-order valence-corrected chi connectivity index (χ0v) is 70.4. The van der Waals surface area contributed by atoms with Crippen LogP contribution in [0.4, 0.5) is 105 Å². The fourth-order valence-electron chi connectivity index (χ4n) is 13.2. The molecule has 0 N–H and O–H groups in total. The van der Waals surface area contributed by atoms with Gasteiger partial charge in [-0.05, 0) is 292 Å². The molecule has 29 heteroatoms. The van der Waals surface area contributed by atoms with Crippen molar-refractivity contribution in [1.29, 1.82) is 0 Å². The van der Waals surface area contributed by atoms with Crippen LogP contribution in [0.5, 0.6) is 0 Å². The molecule has 0 aromatic heterocycles. The van der Waals surface area contributed by atoms with Gasteiger partial charge in [0.15, 0.2) is 71.3 Å². The van der Waals surface area contributed by atoms with Gasteiger partial charge >= 0.3 is 12.4 Å². The van der Waals surface area contributed by atoms with Crippen LogP contribution in [-0.4, -0.2) is 0 Å². The fourth-order valence-corrected chi connectivity index (χ4v) is 23.5. The van der Waals surface area contributed by atoms with E-state index in [1.165, 1.54) is 152 Å². The molecule has 1 aliphatic carbocycles. The molecule has 0 heterocycles. The Morgan fingerprint density at radius 3 is 0.648 bits per heavy atom. The molecule has 656 valence electrons. The van der Waals surface area contributed by atoms with Crippen molar-refractivity contribution in [2.24, 2.45) is 0 Å². The molecule has 15 aromatic rings. The van der Waals surface area contributed by atoms with Crippen molar-refractivity contribution in [3.05, 3.63) is 448 Å². The summed E-state index contributed by atoms with van der Waals surface area (Å²) in [6, 6.07) is 74.0. The van der Waals surface area contributed by atoms with Crippen LogP contribution in [-0.2, 0) is 66.8 Å². The van der Waals surface area contributed by atoms with Crippen LogP contribution in [0, 0.1) is 112 Å². The SMILES string of the molecule is Cc1ccc([S+](c2ccc(C(F)(F)F)cc2)c2ccc(C(F)(F)F)cc2)cc1.Fc1ccc([S+](c2ccc(F)cc2)c2c(F)c(F)c(F)c(F)c2F)cc1.Fc1ccc([S+](c2ccc(F)cc2)c2ccc(C3CCCCC3)cc2)cc1.Fc1ccc([S+](c2ccc(F)cc2)c2ccc(F)cc2)cc1.Fc1ccc([S+](c2ccc(F)cc2F)c2ccc(F)cc2F)c(F)c1. The maximum atomic E-state index is 14.3. The van der Waals surface area contributed by atoms with Crippen LogP contribution >= 0.6 is 0 Å². The van der Waals surface area contributed by atoms with Gasteiger partial charge in [-0.1, -0.05) is 49.1 Å². The third kappa shape index (κ3) is 24.4. The van der Waals surface area contributed by atoms with Crippen molar-refractivity contribution in [3.8, 4) is 0 Å². The number of hydrogen-bond donors (Lipinski definition) is 0. The maximum Gasteiger partial charge on any atom is 0.416 e. The molecule has 0 unspecified atom stereocenters. The highest BCUT2D eigenvalue weighted by molar-refractivity contribution is 7.98. The average Bonchev–Trinajstić information content (AvgIpc) is 0.772. The van der Waals surface area contributed by atoms with Crippen molar-refractivity contribution < 1.29 is 105 Å². The Morgan fingerprint density at radius 2 is 0.414 bits per heavy atom. The summed E-state index contributed by atoms with van der Waals surface area (Å²) < 4.78 is 322. The molecule has 16 rings (SSSR count). The number of rotatable bonds is 16. The highest BCUT2D eigenvalue weighted by atomic mass is 32.2. The number of benzene rings is 15. The second-order valence-electron chi connectivity index (χ2n) is 28.1. The summed E-state index contributed by atoms with van der Waals surface area (Å²) in [5.41, 5.74) is 0.889. The Labute approximate surface area is 734 Å². The summed E-state index contributed by atoms with van der Waals surface area (Å²) in [6.45, 7) is 1.90. The summed E-state index contributed by atoms with van der Waals surface area (Å²) in [6.07, 6.45) is -2.34. The maximum absolute atomic E-state index is 14.3. The zero-order chi connectivity index (χ0) is 91.8. The van der Waals surface area contributed by atoms with Crippen LogP contribution in [0.25, 0.3) is 0 Å². The van der Waals surface area contributed by atoms with E-state index in [0.717, 1.165) is 120 Å². The number of halogens is 24. The van der Waals surface area contributed by atoms with Gasteiger partial charge in [0.05, 0.1) is 43.8 Å². The summed E-state index contributed by atoms with van der Waals surface area (Å²) >= 11 is 0. The number of hydrogen-bond acceptors (Lipinski definition) is 0. The van der Waals surface area contributed by atoms with Gasteiger partial charge in [0.2, 0.25) is 48.7 Å². The lowest BCUT2D eigenvalue weighted by atomic mass is 9.84. The molecule has 0 radical (unpaired) electrons. The normalized spacial score (nSPS) is 12.3. The Balaban J connectivity index is 0.000000145. The van der Waals surface area contributed by atoms with Gasteiger partial charge in [0.25, 0.3) is 0 Å². The lowest BCUT2D eigenvalue weighted by molar-refractivity contribution is -0.138. The standard InChI is InChI=1S/C24H23F2S.C21H15F6S.C18H8F7S.C18H9F6S.C18H12F3S/c25-20-8-14-23(15-9-20)27(24-16-10-21(26)11-17-24)22-12-6-19(7-13-22)18-4-2-1-3-5-18;1-14-2-8-17(9-3-14)28(18-10-4-15(5-11-18)20(22,23)24)19-12-6-16(7-13-19)21(25,26)27;19-9-1-5-11(6-2-9)26(12-7-3-10(20)4-8-12)18-16(24)14(22)13(21)15(23)17(18)25;19-10-1-4-16(13(22)7-10)25(17-5-2-11(20)8-14(17)23)18-6-3-12(21)9-15(18)24;19-13-1-7-16(8-2-13)22(17-9-3-14(20)4-10-17)18-11-5-15(21)6-12-18/h6-18H,1-5H2;2-13H,1H3;1-8H;1-9H;1-12H/q5*+1. The van der Waals surface area contributed by atoms with E-state index in [4.69, 9.17) is 0 Å². The van der Waals surface area contributed by atoms with Crippen LogP contribution in [0.3, 0.4) is 0 Å². The molecule has 0 atom stereocenters. The molecule has 1 saturated carbocycles. The average molecular weight is 1870 g/mol. The van der Waals surface area contributed by atoms with E-state index in [-0.39, 0.29) is 64.5 Å². The highest BCUT2D eigenvalue weighted by Crippen LogP contribution is 2.43. The third-order valence-electron chi connectivity index (χ3n) is 19.3. The van der Waals surface area contributed by atoms with Gasteiger partial charge in [0.1, 0.15) is 80.0 Å². The number of aryl methyl sites for hydroxylation is 1. The summed E-state index contributed by atoms with van der Waals surface area (Å²) in [7, 11) is -5.26. The third-order valence-corrected chi connectivity index (χ3v) is 30.6. The minimum absolute atomic E-state index is 0.0983. The van der Waals surface area contributed by atoms with Crippen LogP contribution < -0.4 is 0 Å². The second-order valence-corrected chi connectivity index (χ2v) is 38.1. The molecule has 1 aliphatic rings. The molecule has 1 fully saturated rings. The van der Waals surface area contributed by atoms with E-state index < -0.39 is 148 Å². The second kappa shape index (κ2) is 43.0. The van der Waals surface area contributed by atoms with Crippen molar-refractivity contribution in [2.45, 2.75) is 131 Å². The van der Waals surface area contributed by atoms with Crippen molar-refractivity contribution >= 4 is 54.5 Å². The van der Waals surface area contributed by atoms with Crippen molar-refractivity contribution in [1.82, 2.24) is 0 Å². The Kier molecular flexibility index (Phi) is 32.1. The van der Waals surface area contributed by atoms with E-state index >= 15 is 0 Å². The minimum Gasteiger partial charge on any atom is -0.207 e. The monoisotopic (exact) mass is 1870 g/mol.